The van der Waals surface area contributed by atoms with Crippen LogP contribution in [-0.4, -0.2) is 5.11 Å². The van der Waals surface area contributed by atoms with Crippen LogP contribution in [-0.2, 0) is 0 Å². The topological polar surface area (TPSA) is 46.2 Å². The second kappa shape index (κ2) is 5.89. The lowest BCUT2D eigenvalue weighted by molar-refractivity contribution is 0.163. The molecule has 2 nitrogen and oxygen atoms in total. The van der Waals surface area contributed by atoms with Crippen LogP contribution >= 0.6 is 0 Å². The molecule has 0 aliphatic rings. The Morgan fingerprint density at radius 2 is 1.87 bits per heavy atom. The fourth-order valence-corrected chi connectivity index (χ4v) is 1.78. The van der Waals surface area contributed by atoms with E-state index in [4.69, 9.17) is 5.73 Å². The molecular formula is C13H21NO. The second-order valence-electron chi connectivity index (χ2n) is 4.08. The van der Waals surface area contributed by atoms with Crippen LogP contribution in [0.1, 0.15) is 56.4 Å². The molecule has 0 aliphatic heterocycles. The number of rotatable bonds is 5. The van der Waals surface area contributed by atoms with E-state index in [2.05, 4.69) is 6.92 Å². The molecule has 0 amide bonds. The lowest BCUT2D eigenvalue weighted by Gasteiger charge is -2.17. The van der Waals surface area contributed by atoms with Crippen molar-refractivity contribution in [3.8, 4) is 0 Å². The highest BCUT2D eigenvalue weighted by molar-refractivity contribution is 5.31. The lowest BCUT2D eigenvalue weighted by Crippen LogP contribution is -2.10. The van der Waals surface area contributed by atoms with Crippen LogP contribution in [0.4, 0.5) is 0 Å². The van der Waals surface area contributed by atoms with Crippen molar-refractivity contribution >= 4 is 0 Å². The van der Waals surface area contributed by atoms with Gasteiger partial charge in [0, 0.05) is 6.04 Å². The molecule has 1 aromatic carbocycles. The van der Waals surface area contributed by atoms with Crippen LogP contribution in [0.15, 0.2) is 24.3 Å². The van der Waals surface area contributed by atoms with Gasteiger partial charge in [0.1, 0.15) is 0 Å². The van der Waals surface area contributed by atoms with Crippen LogP contribution in [0, 0.1) is 0 Å². The number of unbranched alkanes of at least 4 members (excludes halogenated alkanes) is 1. The summed E-state index contributed by atoms with van der Waals surface area (Å²) >= 11 is 0. The van der Waals surface area contributed by atoms with Crippen molar-refractivity contribution in [3.63, 3.8) is 0 Å². The molecule has 0 heterocycles. The van der Waals surface area contributed by atoms with E-state index in [1.165, 1.54) is 0 Å². The molecule has 1 aromatic rings. The highest BCUT2D eigenvalue weighted by atomic mass is 16.3. The molecule has 0 spiro atoms. The normalized spacial score (nSPS) is 14.9. The first-order valence-corrected chi connectivity index (χ1v) is 5.69. The maximum Gasteiger partial charge on any atom is 0.0793 e. The van der Waals surface area contributed by atoms with Gasteiger partial charge in [-0.3, -0.25) is 0 Å². The van der Waals surface area contributed by atoms with Gasteiger partial charge in [0.2, 0.25) is 0 Å². The minimum absolute atomic E-state index is 0.0162. The summed E-state index contributed by atoms with van der Waals surface area (Å²) in [5.41, 5.74) is 7.91. The van der Waals surface area contributed by atoms with Gasteiger partial charge in [-0.15, -0.1) is 0 Å². The summed E-state index contributed by atoms with van der Waals surface area (Å²) in [6, 6.07) is 7.87. The smallest absolute Gasteiger partial charge is 0.0793 e. The molecule has 0 bridgehead atoms. The standard InChI is InChI=1S/C13H21NO/c1-3-4-9-13(15)12-8-6-5-7-11(12)10(2)14/h5-8,10,13,15H,3-4,9,14H2,1-2H3/t10-,13+/m1/s1. The average Bonchev–Trinajstić information content (AvgIpc) is 2.25. The summed E-state index contributed by atoms with van der Waals surface area (Å²) < 4.78 is 0. The van der Waals surface area contributed by atoms with Crippen molar-refractivity contribution in [2.75, 3.05) is 0 Å². The van der Waals surface area contributed by atoms with Gasteiger partial charge in [-0.25, -0.2) is 0 Å². The Balaban J connectivity index is 2.82. The first kappa shape index (κ1) is 12.2. The number of nitrogens with two attached hydrogens (primary N) is 1. The first-order valence-electron chi connectivity index (χ1n) is 5.69. The molecule has 84 valence electrons. The largest absolute Gasteiger partial charge is 0.388 e. The quantitative estimate of drug-likeness (QED) is 0.779. The monoisotopic (exact) mass is 207 g/mol. The predicted molar refractivity (Wildman–Crippen MR) is 63.5 cm³/mol. The van der Waals surface area contributed by atoms with Crippen molar-refractivity contribution in [3.05, 3.63) is 35.4 Å². The Hall–Kier alpha value is -0.860. The van der Waals surface area contributed by atoms with Crippen molar-refractivity contribution < 1.29 is 5.11 Å². The highest BCUT2D eigenvalue weighted by Crippen LogP contribution is 2.25. The van der Waals surface area contributed by atoms with Crippen molar-refractivity contribution in [2.24, 2.45) is 5.73 Å². The number of benzene rings is 1. The maximum absolute atomic E-state index is 10.0. The summed E-state index contributed by atoms with van der Waals surface area (Å²) in [6.07, 6.45) is 2.61. The zero-order chi connectivity index (χ0) is 11.3. The Kier molecular flexibility index (Phi) is 4.79. The fourth-order valence-electron chi connectivity index (χ4n) is 1.78. The van der Waals surface area contributed by atoms with Gasteiger partial charge in [-0.1, -0.05) is 44.0 Å². The molecule has 0 fully saturated rings. The molecule has 0 saturated heterocycles. The van der Waals surface area contributed by atoms with Crippen molar-refractivity contribution in [1.82, 2.24) is 0 Å². The van der Waals surface area contributed by atoms with E-state index in [-0.39, 0.29) is 12.1 Å². The molecule has 0 radical (unpaired) electrons. The third kappa shape index (κ3) is 3.33. The molecule has 2 atom stereocenters. The third-order valence-corrected chi connectivity index (χ3v) is 2.68. The Morgan fingerprint density at radius 3 is 2.40 bits per heavy atom. The van der Waals surface area contributed by atoms with E-state index in [0.29, 0.717) is 0 Å². The van der Waals surface area contributed by atoms with E-state index in [1.54, 1.807) is 0 Å². The SMILES string of the molecule is CCCC[C@H](O)c1ccccc1[C@@H](C)N. The average molecular weight is 207 g/mol. The van der Waals surface area contributed by atoms with Crippen molar-refractivity contribution in [1.29, 1.82) is 0 Å². The van der Waals surface area contributed by atoms with Crippen LogP contribution in [0.25, 0.3) is 0 Å². The summed E-state index contributed by atoms with van der Waals surface area (Å²) in [5.74, 6) is 0. The Morgan fingerprint density at radius 1 is 1.27 bits per heavy atom. The van der Waals surface area contributed by atoms with Crippen LogP contribution in [0.3, 0.4) is 0 Å². The van der Waals surface area contributed by atoms with Crippen LogP contribution < -0.4 is 5.73 Å². The van der Waals surface area contributed by atoms with Gasteiger partial charge in [0.25, 0.3) is 0 Å². The molecular weight excluding hydrogens is 186 g/mol. The molecule has 2 heteroatoms. The minimum Gasteiger partial charge on any atom is -0.388 e. The van der Waals surface area contributed by atoms with E-state index in [1.807, 2.05) is 31.2 Å². The number of aliphatic hydroxyl groups excluding tert-OH is 1. The van der Waals surface area contributed by atoms with Crippen LogP contribution in [0.2, 0.25) is 0 Å². The van der Waals surface area contributed by atoms with E-state index >= 15 is 0 Å². The zero-order valence-electron chi connectivity index (χ0n) is 9.61. The van der Waals surface area contributed by atoms with E-state index in [9.17, 15) is 5.11 Å². The third-order valence-electron chi connectivity index (χ3n) is 2.68. The summed E-state index contributed by atoms with van der Waals surface area (Å²) in [4.78, 5) is 0. The van der Waals surface area contributed by atoms with Gasteiger partial charge in [-0.05, 0) is 24.5 Å². The Bertz CT molecular complexity index is 296. The van der Waals surface area contributed by atoms with Gasteiger partial charge in [0.15, 0.2) is 0 Å². The fraction of sp³-hybridized carbons (Fsp3) is 0.538. The van der Waals surface area contributed by atoms with Crippen molar-refractivity contribution in [2.45, 2.75) is 45.3 Å². The molecule has 0 unspecified atom stereocenters. The Labute approximate surface area is 92.1 Å². The molecule has 0 saturated carbocycles. The first-order chi connectivity index (χ1) is 7.16. The molecule has 3 N–H and O–H groups in total. The molecule has 1 rings (SSSR count). The second-order valence-corrected chi connectivity index (χ2v) is 4.08. The van der Waals surface area contributed by atoms with Crippen LogP contribution in [0.5, 0.6) is 0 Å². The highest BCUT2D eigenvalue weighted by Gasteiger charge is 2.13. The molecule has 15 heavy (non-hydrogen) atoms. The van der Waals surface area contributed by atoms with Gasteiger partial charge in [-0.2, -0.15) is 0 Å². The summed E-state index contributed by atoms with van der Waals surface area (Å²) in [5, 5.41) is 10.0. The number of aliphatic hydroxyl groups is 1. The van der Waals surface area contributed by atoms with E-state index in [0.717, 1.165) is 30.4 Å². The summed E-state index contributed by atoms with van der Waals surface area (Å²) in [6.45, 7) is 4.08. The maximum atomic E-state index is 10.0. The van der Waals surface area contributed by atoms with E-state index < -0.39 is 0 Å². The minimum atomic E-state index is -0.368. The number of hydrogen-bond donors (Lipinski definition) is 2. The lowest BCUT2D eigenvalue weighted by atomic mass is 9.95. The summed E-state index contributed by atoms with van der Waals surface area (Å²) in [7, 11) is 0. The number of hydrogen-bond acceptors (Lipinski definition) is 2. The van der Waals surface area contributed by atoms with Gasteiger partial charge in [0.05, 0.1) is 6.10 Å². The molecule has 0 aliphatic carbocycles. The van der Waals surface area contributed by atoms with Gasteiger partial charge < -0.3 is 10.8 Å². The zero-order valence-corrected chi connectivity index (χ0v) is 9.61. The predicted octanol–water partition coefficient (Wildman–Crippen LogP) is 2.93. The molecule has 0 aromatic heterocycles. The van der Waals surface area contributed by atoms with Gasteiger partial charge >= 0.3 is 0 Å².